The van der Waals surface area contributed by atoms with E-state index in [1.807, 2.05) is 38.1 Å². The molecule has 142 valence electrons. The molecule has 3 heterocycles. The van der Waals surface area contributed by atoms with Gasteiger partial charge in [-0.3, -0.25) is 4.79 Å². The number of benzene rings is 1. The highest BCUT2D eigenvalue weighted by Gasteiger charge is 2.23. The van der Waals surface area contributed by atoms with Crippen molar-refractivity contribution in [1.82, 2.24) is 19.7 Å². The number of esters is 1. The summed E-state index contributed by atoms with van der Waals surface area (Å²) in [6, 6.07) is 9.35. The number of Topliss-reactive ketones (excluding diaryl/α,β-unsaturated/α-hetero) is 1. The molecule has 1 N–H and O–H groups in total. The van der Waals surface area contributed by atoms with Gasteiger partial charge in [-0.15, -0.1) is 0 Å². The van der Waals surface area contributed by atoms with Crippen molar-refractivity contribution in [1.29, 1.82) is 0 Å². The molecular formula is C21H20N4O3. The maximum Gasteiger partial charge on any atom is 0.340 e. The number of aromatic nitrogens is 4. The molecule has 1 atom stereocenters. The van der Waals surface area contributed by atoms with Crippen LogP contribution in [0.1, 0.15) is 47.5 Å². The molecule has 0 aliphatic rings. The van der Waals surface area contributed by atoms with Gasteiger partial charge in [0.05, 0.1) is 11.8 Å². The summed E-state index contributed by atoms with van der Waals surface area (Å²) < 4.78 is 7.19. The number of pyridine rings is 1. The molecule has 1 aromatic carbocycles. The molecule has 0 fully saturated rings. The number of ether oxygens (including phenoxy) is 1. The average molecular weight is 376 g/mol. The van der Waals surface area contributed by atoms with Crippen molar-refractivity contribution in [3.8, 4) is 0 Å². The van der Waals surface area contributed by atoms with E-state index in [0.717, 1.165) is 16.3 Å². The van der Waals surface area contributed by atoms with E-state index in [-0.39, 0.29) is 17.4 Å². The minimum Gasteiger partial charge on any atom is -0.451 e. The molecule has 28 heavy (non-hydrogen) atoms. The number of hydrogen-bond donors (Lipinski definition) is 1. The topological polar surface area (TPSA) is 89.9 Å². The van der Waals surface area contributed by atoms with Gasteiger partial charge in [-0.1, -0.05) is 18.2 Å². The Labute approximate surface area is 161 Å². The third kappa shape index (κ3) is 3.05. The number of nitrogens with one attached hydrogen (secondary N) is 1. The number of fused-ring (bicyclic) bond motifs is 2. The van der Waals surface area contributed by atoms with Gasteiger partial charge in [0.2, 0.25) is 5.78 Å². The summed E-state index contributed by atoms with van der Waals surface area (Å²) in [5, 5.41) is 5.85. The zero-order chi connectivity index (χ0) is 19.8. The Morgan fingerprint density at radius 3 is 2.71 bits per heavy atom. The summed E-state index contributed by atoms with van der Waals surface area (Å²) in [5.74, 6) is -0.847. The van der Waals surface area contributed by atoms with Gasteiger partial charge in [0.25, 0.3) is 0 Å². The lowest BCUT2D eigenvalue weighted by molar-refractivity contribution is 0.0319. The minimum absolute atomic E-state index is 0.164. The molecule has 4 rings (SSSR count). The fourth-order valence-corrected chi connectivity index (χ4v) is 3.21. The Bertz CT molecular complexity index is 1190. The number of ketones is 1. The normalized spacial score (nSPS) is 12.6. The highest BCUT2D eigenvalue weighted by atomic mass is 16.5. The lowest BCUT2D eigenvalue weighted by Crippen LogP contribution is -2.24. The monoisotopic (exact) mass is 376 g/mol. The Morgan fingerprint density at radius 2 is 1.93 bits per heavy atom. The van der Waals surface area contributed by atoms with Crippen LogP contribution in [-0.4, -0.2) is 37.6 Å². The molecule has 0 bridgehead atoms. The predicted molar refractivity (Wildman–Crippen MR) is 105 cm³/mol. The van der Waals surface area contributed by atoms with Crippen molar-refractivity contribution in [3.05, 3.63) is 60.0 Å². The Hall–Kier alpha value is -3.48. The molecule has 7 heteroatoms. The molecule has 0 saturated heterocycles. The van der Waals surface area contributed by atoms with Crippen molar-refractivity contribution in [2.45, 2.75) is 32.9 Å². The quantitative estimate of drug-likeness (QED) is 0.421. The van der Waals surface area contributed by atoms with Gasteiger partial charge in [-0.05, 0) is 32.9 Å². The van der Waals surface area contributed by atoms with Crippen molar-refractivity contribution < 1.29 is 14.3 Å². The fourth-order valence-electron chi connectivity index (χ4n) is 3.21. The van der Waals surface area contributed by atoms with E-state index in [0.29, 0.717) is 11.2 Å². The number of carbonyl (C=O) groups excluding carboxylic acids is 2. The van der Waals surface area contributed by atoms with Gasteiger partial charge in [0.15, 0.2) is 11.8 Å². The van der Waals surface area contributed by atoms with Crippen LogP contribution in [0.4, 0.5) is 0 Å². The second-order valence-corrected chi connectivity index (χ2v) is 6.98. The van der Waals surface area contributed by atoms with Crippen LogP contribution in [0.3, 0.4) is 0 Å². The number of rotatable bonds is 5. The van der Waals surface area contributed by atoms with E-state index in [1.165, 1.54) is 6.20 Å². The van der Waals surface area contributed by atoms with Crippen molar-refractivity contribution in [2.24, 2.45) is 0 Å². The molecule has 0 radical (unpaired) electrons. The Morgan fingerprint density at radius 1 is 1.14 bits per heavy atom. The van der Waals surface area contributed by atoms with E-state index in [2.05, 4.69) is 15.1 Å². The van der Waals surface area contributed by atoms with Crippen LogP contribution in [0.25, 0.3) is 21.9 Å². The summed E-state index contributed by atoms with van der Waals surface area (Å²) in [5.41, 5.74) is 2.35. The van der Waals surface area contributed by atoms with E-state index in [9.17, 15) is 9.59 Å². The van der Waals surface area contributed by atoms with Gasteiger partial charge < -0.3 is 9.72 Å². The minimum atomic E-state index is -0.916. The largest absolute Gasteiger partial charge is 0.451 e. The summed E-state index contributed by atoms with van der Waals surface area (Å²) in [4.78, 5) is 32.7. The molecular weight excluding hydrogens is 356 g/mol. The second-order valence-electron chi connectivity index (χ2n) is 6.98. The van der Waals surface area contributed by atoms with Crippen molar-refractivity contribution in [2.75, 3.05) is 0 Å². The van der Waals surface area contributed by atoms with E-state index in [1.54, 1.807) is 30.1 Å². The number of aromatic amines is 1. The molecule has 0 aliphatic carbocycles. The van der Waals surface area contributed by atoms with Crippen molar-refractivity contribution >= 4 is 33.7 Å². The Balaban J connectivity index is 1.54. The van der Waals surface area contributed by atoms with Crippen LogP contribution in [0, 0.1) is 0 Å². The third-order valence-electron chi connectivity index (χ3n) is 4.67. The summed E-state index contributed by atoms with van der Waals surface area (Å²) in [7, 11) is 0. The first-order chi connectivity index (χ1) is 13.5. The van der Waals surface area contributed by atoms with E-state index in [4.69, 9.17) is 4.74 Å². The summed E-state index contributed by atoms with van der Waals surface area (Å²) in [6.45, 7) is 5.59. The van der Waals surface area contributed by atoms with E-state index < -0.39 is 12.1 Å². The van der Waals surface area contributed by atoms with Crippen molar-refractivity contribution in [3.63, 3.8) is 0 Å². The number of hydrogen-bond acceptors (Lipinski definition) is 5. The molecule has 0 saturated carbocycles. The lowest BCUT2D eigenvalue weighted by Gasteiger charge is -2.12. The van der Waals surface area contributed by atoms with E-state index >= 15 is 0 Å². The SMILES string of the molecule is CC(OC(=O)c1cnc2c(cnn2C(C)C)c1)C(=O)c1c[nH]c2ccccc12. The first-order valence-electron chi connectivity index (χ1n) is 9.10. The predicted octanol–water partition coefficient (Wildman–Crippen LogP) is 3.92. The van der Waals surface area contributed by atoms with Crippen LogP contribution in [0.2, 0.25) is 0 Å². The molecule has 3 aromatic heterocycles. The maximum atomic E-state index is 12.8. The molecule has 0 spiro atoms. The zero-order valence-corrected chi connectivity index (χ0v) is 15.8. The molecule has 4 aromatic rings. The number of para-hydroxylation sites is 1. The van der Waals surface area contributed by atoms with Crippen LogP contribution >= 0.6 is 0 Å². The second kappa shape index (κ2) is 6.92. The van der Waals surface area contributed by atoms with Gasteiger partial charge in [-0.25, -0.2) is 14.5 Å². The first kappa shape index (κ1) is 17.9. The first-order valence-corrected chi connectivity index (χ1v) is 9.10. The zero-order valence-electron chi connectivity index (χ0n) is 15.8. The number of H-pyrrole nitrogens is 1. The molecule has 0 aliphatic heterocycles. The summed E-state index contributed by atoms with van der Waals surface area (Å²) >= 11 is 0. The van der Waals surface area contributed by atoms with Gasteiger partial charge in [0.1, 0.15) is 0 Å². The number of nitrogens with zero attached hydrogens (tertiary/aromatic N) is 3. The fraction of sp³-hybridized carbons (Fsp3) is 0.238. The Kier molecular flexibility index (Phi) is 4.43. The molecule has 0 amide bonds. The number of carbonyl (C=O) groups is 2. The van der Waals surface area contributed by atoms with Crippen LogP contribution in [0.15, 0.2) is 48.9 Å². The van der Waals surface area contributed by atoms with Gasteiger partial charge >= 0.3 is 5.97 Å². The average Bonchev–Trinajstić information content (AvgIpc) is 3.31. The van der Waals surface area contributed by atoms with Gasteiger partial charge in [-0.2, -0.15) is 5.10 Å². The van der Waals surface area contributed by atoms with Gasteiger partial charge in [0, 0.05) is 40.3 Å². The van der Waals surface area contributed by atoms with Crippen LogP contribution in [0.5, 0.6) is 0 Å². The lowest BCUT2D eigenvalue weighted by atomic mass is 10.1. The standard InChI is InChI=1S/C21H20N4O3/c1-12(2)25-20-14(10-24-25)8-15(9-23-20)21(27)28-13(3)19(26)17-11-22-18-7-5-4-6-16(17)18/h4-13,22H,1-3H3. The van der Waals surface area contributed by atoms with Crippen LogP contribution in [-0.2, 0) is 4.74 Å². The summed E-state index contributed by atoms with van der Waals surface area (Å²) in [6.07, 6.45) is 3.85. The highest BCUT2D eigenvalue weighted by molar-refractivity contribution is 6.10. The molecule has 1 unspecified atom stereocenters. The third-order valence-corrected chi connectivity index (χ3v) is 4.67. The molecule has 7 nitrogen and oxygen atoms in total. The maximum absolute atomic E-state index is 12.8. The van der Waals surface area contributed by atoms with Crippen LogP contribution < -0.4 is 0 Å². The smallest absolute Gasteiger partial charge is 0.340 e. The highest BCUT2D eigenvalue weighted by Crippen LogP contribution is 2.21.